The molecule has 18 heavy (non-hydrogen) atoms. The second-order valence-corrected chi connectivity index (χ2v) is 6.00. The Morgan fingerprint density at radius 2 is 2.06 bits per heavy atom. The van der Waals surface area contributed by atoms with Crippen LogP contribution in [0.15, 0.2) is 6.07 Å². The lowest BCUT2D eigenvalue weighted by atomic mass is 9.92. The first kappa shape index (κ1) is 12.9. The molecule has 1 aromatic heterocycles. The molecular formula is C13H22N4O. The third-order valence-electron chi connectivity index (χ3n) is 3.32. The van der Waals surface area contributed by atoms with Gasteiger partial charge in [-0.25, -0.2) is 4.79 Å². The lowest BCUT2D eigenvalue weighted by Gasteiger charge is -2.14. The minimum Gasteiger partial charge on any atom is -0.335 e. The van der Waals surface area contributed by atoms with E-state index in [9.17, 15) is 4.79 Å². The monoisotopic (exact) mass is 250 g/mol. The van der Waals surface area contributed by atoms with Crippen LogP contribution < -0.4 is 10.6 Å². The average Bonchev–Trinajstić information content (AvgIpc) is 2.87. The van der Waals surface area contributed by atoms with Crippen molar-refractivity contribution in [3.63, 3.8) is 0 Å². The molecule has 0 spiro atoms. The summed E-state index contributed by atoms with van der Waals surface area (Å²) in [7, 11) is 0. The van der Waals surface area contributed by atoms with E-state index in [1.165, 1.54) is 12.8 Å². The molecule has 1 aliphatic rings. The van der Waals surface area contributed by atoms with Crippen molar-refractivity contribution in [2.75, 3.05) is 5.32 Å². The van der Waals surface area contributed by atoms with Crippen molar-refractivity contribution in [3.8, 4) is 0 Å². The Bertz CT molecular complexity index is 413. The Morgan fingerprint density at radius 1 is 1.39 bits per heavy atom. The summed E-state index contributed by atoms with van der Waals surface area (Å²) in [6.45, 7) is 6.30. The van der Waals surface area contributed by atoms with Crippen LogP contribution in [0.4, 0.5) is 10.6 Å². The Balaban J connectivity index is 1.88. The van der Waals surface area contributed by atoms with Gasteiger partial charge in [0.15, 0.2) is 5.82 Å². The fourth-order valence-electron chi connectivity index (χ4n) is 2.18. The quantitative estimate of drug-likeness (QED) is 0.755. The van der Waals surface area contributed by atoms with Crippen LogP contribution in [-0.4, -0.2) is 22.3 Å². The van der Waals surface area contributed by atoms with Crippen molar-refractivity contribution in [1.29, 1.82) is 0 Å². The van der Waals surface area contributed by atoms with Crippen molar-refractivity contribution >= 4 is 11.8 Å². The molecule has 3 N–H and O–H groups in total. The number of carbonyl (C=O) groups excluding carboxylic acids is 1. The number of nitrogens with zero attached hydrogens (tertiary/aromatic N) is 1. The largest absolute Gasteiger partial charge is 0.335 e. The van der Waals surface area contributed by atoms with E-state index in [1.54, 1.807) is 0 Å². The molecule has 2 rings (SSSR count). The number of hydrogen-bond acceptors (Lipinski definition) is 2. The highest BCUT2D eigenvalue weighted by molar-refractivity contribution is 5.88. The molecule has 0 unspecified atom stereocenters. The summed E-state index contributed by atoms with van der Waals surface area (Å²) in [6.07, 6.45) is 4.59. The zero-order valence-electron chi connectivity index (χ0n) is 11.3. The standard InChI is InChI=1S/C13H22N4O/c1-13(2,3)10-8-11(17-16-10)15-12(18)14-9-6-4-5-7-9/h8-9H,4-7H2,1-3H3,(H3,14,15,16,17,18). The van der Waals surface area contributed by atoms with Gasteiger partial charge in [-0.2, -0.15) is 5.10 Å². The average molecular weight is 250 g/mol. The van der Waals surface area contributed by atoms with Crippen molar-refractivity contribution in [2.45, 2.75) is 57.9 Å². The summed E-state index contributed by atoms with van der Waals surface area (Å²) in [6, 6.07) is 2.05. The van der Waals surface area contributed by atoms with E-state index < -0.39 is 0 Å². The highest BCUT2D eigenvalue weighted by Crippen LogP contribution is 2.22. The van der Waals surface area contributed by atoms with Gasteiger partial charge in [-0.05, 0) is 12.8 Å². The van der Waals surface area contributed by atoms with Gasteiger partial charge in [0.1, 0.15) is 0 Å². The summed E-state index contributed by atoms with van der Waals surface area (Å²) >= 11 is 0. The van der Waals surface area contributed by atoms with Gasteiger partial charge in [0.2, 0.25) is 0 Å². The first-order valence-corrected chi connectivity index (χ1v) is 6.58. The molecule has 100 valence electrons. The number of urea groups is 1. The minimum atomic E-state index is -0.158. The highest BCUT2D eigenvalue weighted by atomic mass is 16.2. The molecule has 1 aromatic rings. The van der Waals surface area contributed by atoms with E-state index >= 15 is 0 Å². The smallest absolute Gasteiger partial charge is 0.320 e. The molecule has 0 radical (unpaired) electrons. The van der Waals surface area contributed by atoms with Gasteiger partial charge in [0, 0.05) is 23.2 Å². The van der Waals surface area contributed by atoms with Crippen molar-refractivity contribution in [3.05, 3.63) is 11.8 Å². The van der Waals surface area contributed by atoms with Crippen molar-refractivity contribution < 1.29 is 4.79 Å². The van der Waals surface area contributed by atoms with Crippen LogP contribution in [0.3, 0.4) is 0 Å². The number of amides is 2. The second kappa shape index (κ2) is 5.00. The first-order chi connectivity index (χ1) is 8.45. The molecule has 5 nitrogen and oxygen atoms in total. The zero-order chi connectivity index (χ0) is 13.2. The summed E-state index contributed by atoms with van der Waals surface area (Å²) < 4.78 is 0. The Kier molecular flexibility index (Phi) is 3.59. The van der Waals surface area contributed by atoms with E-state index in [2.05, 4.69) is 41.6 Å². The van der Waals surface area contributed by atoms with Gasteiger partial charge in [0.25, 0.3) is 0 Å². The molecule has 1 heterocycles. The predicted octanol–water partition coefficient (Wildman–Crippen LogP) is 2.77. The van der Waals surface area contributed by atoms with E-state index in [-0.39, 0.29) is 11.4 Å². The number of H-pyrrole nitrogens is 1. The minimum absolute atomic E-state index is 0.00879. The number of aromatic nitrogens is 2. The van der Waals surface area contributed by atoms with Gasteiger partial charge in [-0.15, -0.1) is 0 Å². The topological polar surface area (TPSA) is 69.8 Å². The van der Waals surface area contributed by atoms with Crippen molar-refractivity contribution in [2.24, 2.45) is 0 Å². The summed E-state index contributed by atoms with van der Waals surface area (Å²) in [5.74, 6) is 0.579. The van der Waals surface area contributed by atoms with Crippen LogP contribution in [-0.2, 0) is 5.41 Å². The Morgan fingerprint density at radius 3 is 2.61 bits per heavy atom. The maximum atomic E-state index is 11.8. The van der Waals surface area contributed by atoms with Crippen LogP contribution in [0.1, 0.15) is 52.1 Å². The summed E-state index contributed by atoms with van der Waals surface area (Å²) in [5.41, 5.74) is 1.02. The SMILES string of the molecule is CC(C)(C)c1cc(NC(=O)NC2CCCC2)n[nH]1. The number of carbonyl (C=O) groups is 1. The Labute approximate surface area is 108 Å². The summed E-state index contributed by atoms with van der Waals surface area (Å²) in [4.78, 5) is 11.8. The van der Waals surface area contributed by atoms with Gasteiger partial charge in [0.05, 0.1) is 0 Å². The molecule has 0 atom stereocenters. The van der Waals surface area contributed by atoms with Gasteiger partial charge in [-0.3, -0.25) is 10.4 Å². The molecule has 2 amide bonds. The number of nitrogens with one attached hydrogen (secondary N) is 3. The lowest BCUT2D eigenvalue weighted by Crippen LogP contribution is -2.36. The predicted molar refractivity (Wildman–Crippen MR) is 71.7 cm³/mol. The van der Waals surface area contributed by atoms with Gasteiger partial charge in [-0.1, -0.05) is 33.6 Å². The highest BCUT2D eigenvalue weighted by Gasteiger charge is 2.19. The molecule has 1 fully saturated rings. The summed E-state index contributed by atoms with van der Waals surface area (Å²) in [5, 5.41) is 12.8. The van der Waals surface area contributed by atoms with Crippen LogP contribution in [0.25, 0.3) is 0 Å². The van der Waals surface area contributed by atoms with Crippen LogP contribution >= 0.6 is 0 Å². The molecule has 5 heteroatoms. The molecule has 1 aliphatic carbocycles. The molecule has 0 bridgehead atoms. The first-order valence-electron chi connectivity index (χ1n) is 6.58. The van der Waals surface area contributed by atoms with Crippen molar-refractivity contribution in [1.82, 2.24) is 15.5 Å². The van der Waals surface area contributed by atoms with E-state index in [0.29, 0.717) is 11.9 Å². The molecule has 1 saturated carbocycles. The van der Waals surface area contributed by atoms with E-state index in [0.717, 1.165) is 18.5 Å². The van der Waals surface area contributed by atoms with Crippen LogP contribution in [0.2, 0.25) is 0 Å². The maximum absolute atomic E-state index is 11.8. The molecule has 0 aliphatic heterocycles. The normalized spacial score (nSPS) is 16.8. The number of hydrogen-bond donors (Lipinski definition) is 3. The maximum Gasteiger partial charge on any atom is 0.320 e. The van der Waals surface area contributed by atoms with E-state index in [1.807, 2.05) is 6.07 Å². The molecule has 0 aromatic carbocycles. The third kappa shape index (κ3) is 3.24. The molecular weight excluding hydrogens is 228 g/mol. The molecule has 0 saturated heterocycles. The number of aromatic amines is 1. The third-order valence-corrected chi connectivity index (χ3v) is 3.32. The Hall–Kier alpha value is -1.52. The van der Waals surface area contributed by atoms with Crippen LogP contribution in [0, 0.1) is 0 Å². The number of rotatable bonds is 2. The van der Waals surface area contributed by atoms with Gasteiger partial charge >= 0.3 is 6.03 Å². The number of anilines is 1. The fourth-order valence-corrected chi connectivity index (χ4v) is 2.18. The lowest BCUT2D eigenvalue weighted by molar-refractivity contribution is 0.248. The second-order valence-electron chi connectivity index (χ2n) is 6.00. The zero-order valence-corrected chi connectivity index (χ0v) is 11.3. The fraction of sp³-hybridized carbons (Fsp3) is 0.692. The van der Waals surface area contributed by atoms with E-state index in [4.69, 9.17) is 0 Å². The van der Waals surface area contributed by atoms with Crippen LogP contribution in [0.5, 0.6) is 0 Å². The van der Waals surface area contributed by atoms with Gasteiger partial charge < -0.3 is 5.32 Å².